The van der Waals surface area contributed by atoms with Crippen molar-refractivity contribution in [2.24, 2.45) is 5.41 Å². The number of nitrogens with zero attached hydrogens (tertiary/aromatic N) is 1. The first kappa shape index (κ1) is 15.2. The van der Waals surface area contributed by atoms with Crippen molar-refractivity contribution in [1.29, 1.82) is 0 Å². The molecule has 1 aromatic rings. The number of para-hydroxylation sites is 2. The molecule has 6 heteroatoms. The molecule has 2 rings (SSSR count). The Morgan fingerprint density at radius 1 is 1.38 bits per heavy atom. The van der Waals surface area contributed by atoms with E-state index in [4.69, 9.17) is 4.74 Å². The third kappa shape index (κ3) is 3.45. The lowest BCUT2D eigenvalue weighted by atomic mass is 9.82. The average Bonchev–Trinajstić information content (AvgIpc) is 2.46. The molecule has 1 aromatic carbocycles. The number of carbonyl (C=O) groups excluding carboxylic acids is 1. The van der Waals surface area contributed by atoms with Gasteiger partial charge in [-0.25, -0.2) is 0 Å². The van der Waals surface area contributed by atoms with E-state index in [0.29, 0.717) is 19.4 Å². The van der Waals surface area contributed by atoms with E-state index in [1.165, 1.54) is 11.0 Å². The summed E-state index contributed by atoms with van der Waals surface area (Å²) < 4.78 is 5.29. The van der Waals surface area contributed by atoms with Crippen LogP contribution in [0, 0.1) is 5.41 Å². The first-order valence-corrected chi connectivity index (χ1v) is 6.84. The van der Waals surface area contributed by atoms with Crippen LogP contribution < -0.4 is 4.74 Å². The number of hydrogen-bond donors (Lipinski definition) is 2. The van der Waals surface area contributed by atoms with Crippen LogP contribution >= 0.6 is 0 Å². The van der Waals surface area contributed by atoms with Crippen LogP contribution in [0.1, 0.15) is 19.8 Å². The number of piperidine rings is 1. The molecule has 114 valence electrons. The number of rotatable bonds is 4. The summed E-state index contributed by atoms with van der Waals surface area (Å²) in [5.41, 5.74) is -0.900. The molecule has 1 atom stereocenters. The molecule has 0 saturated carbocycles. The summed E-state index contributed by atoms with van der Waals surface area (Å²) >= 11 is 0. The molecule has 1 heterocycles. The van der Waals surface area contributed by atoms with Crippen LogP contribution in [0.15, 0.2) is 24.3 Å². The van der Waals surface area contributed by atoms with Crippen LogP contribution in [-0.2, 0) is 9.59 Å². The third-order valence-electron chi connectivity index (χ3n) is 3.78. The molecule has 1 fully saturated rings. The zero-order valence-electron chi connectivity index (χ0n) is 11.9. The summed E-state index contributed by atoms with van der Waals surface area (Å²) in [4.78, 5) is 24.9. The van der Waals surface area contributed by atoms with Crippen LogP contribution in [0.3, 0.4) is 0 Å². The summed E-state index contributed by atoms with van der Waals surface area (Å²) in [5.74, 6) is -0.949. The molecule has 1 aliphatic rings. The number of amides is 1. The van der Waals surface area contributed by atoms with Gasteiger partial charge in [0, 0.05) is 13.1 Å². The minimum atomic E-state index is -0.900. The first-order chi connectivity index (χ1) is 9.92. The van der Waals surface area contributed by atoms with Gasteiger partial charge in [0.2, 0.25) is 0 Å². The molecule has 21 heavy (non-hydrogen) atoms. The molecule has 0 spiro atoms. The fourth-order valence-electron chi connectivity index (χ4n) is 2.44. The summed E-state index contributed by atoms with van der Waals surface area (Å²) in [6.07, 6.45) is 1.22. The minimum absolute atomic E-state index is 0.0284. The molecule has 1 aliphatic heterocycles. The van der Waals surface area contributed by atoms with Gasteiger partial charge >= 0.3 is 5.97 Å². The Labute approximate surface area is 122 Å². The first-order valence-electron chi connectivity index (χ1n) is 6.84. The lowest BCUT2D eigenvalue weighted by molar-refractivity contribution is -0.153. The molecular weight excluding hydrogens is 274 g/mol. The molecule has 0 aromatic heterocycles. The molecule has 2 N–H and O–H groups in total. The predicted octanol–water partition coefficient (Wildman–Crippen LogP) is 1.48. The van der Waals surface area contributed by atoms with Gasteiger partial charge in [0.25, 0.3) is 5.91 Å². The van der Waals surface area contributed by atoms with Crippen molar-refractivity contribution in [2.75, 3.05) is 19.7 Å². The van der Waals surface area contributed by atoms with Gasteiger partial charge in [0.15, 0.2) is 18.1 Å². The maximum absolute atomic E-state index is 12.1. The van der Waals surface area contributed by atoms with Crippen LogP contribution in [-0.4, -0.2) is 46.7 Å². The minimum Gasteiger partial charge on any atom is -0.504 e. The van der Waals surface area contributed by atoms with E-state index in [-0.39, 0.29) is 30.6 Å². The maximum Gasteiger partial charge on any atom is 0.311 e. The maximum atomic E-state index is 12.1. The molecule has 1 amide bonds. The number of carbonyl (C=O) groups is 2. The summed E-state index contributed by atoms with van der Waals surface area (Å²) in [7, 11) is 0. The quantitative estimate of drug-likeness (QED) is 0.878. The van der Waals surface area contributed by atoms with E-state index in [1.54, 1.807) is 25.1 Å². The number of benzene rings is 1. The van der Waals surface area contributed by atoms with Gasteiger partial charge in [-0.3, -0.25) is 9.59 Å². The Balaban J connectivity index is 1.94. The number of hydrogen-bond acceptors (Lipinski definition) is 4. The molecule has 0 aliphatic carbocycles. The Morgan fingerprint density at radius 3 is 2.76 bits per heavy atom. The third-order valence-corrected chi connectivity index (χ3v) is 3.78. The predicted molar refractivity (Wildman–Crippen MR) is 75.2 cm³/mol. The lowest BCUT2D eigenvalue weighted by Crippen LogP contribution is -2.49. The average molecular weight is 293 g/mol. The number of aliphatic carboxylic acids is 1. The Morgan fingerprint density at radius 2 is 2.10 bits per heavy atom. The number of likely N-dealkylation sites (tertiary alicyclic amines) is 1. The van der Waals surface area contributed by atoms with Crippen molar-refractivity contribution < 1.29 is 24.5 Å². The largest absolute Gasteiger partial charge is 0.504 e. The van der Waals surface area contributed by atoms with Crippen molar-refractivity contribution in [3.8, 4) is 11.5 Å². The van der Waals surface area contributed by atoms with Crippen molar-refractivity contribution >= 4 is 11.9 Å². The van der Waals surface area contributed by atoms with Crippen LogP contribution in [0.5, 0.6) is 11.5 Å². The number of carboxylic acid groups (broad SMARTS) is 1. The highest BCUT2D eigenvalue weighted by Gasteiger charge is 2.39. The molecule has 6 nitrogen and oxygen atoms in total. The topological polar surface area (TPSA) is 87.1 Å². The molecule has 1 unspecified atom stereocenters. The van der Waals surface area contributed by atoms with Gasteiger partial charge in [0.1, 0.15) is 0 Å². The Bertz CT molecular complexity index is 545. The van der Waals surface area contributed by atoms with Gasteiger partial charge in [-0.05, 0) is 31.9 Å². The number of phenolic OH excluding ortho intramolecular Hbond substituents is 1. The summed E-state index contributed by atoms with van der Waals surface area (Å²) in [5, 5.41) is 18.8. The van der Waals surface area contributed by atoms with E-state index < -0.39 is 11.4 Å². The molecule has 0 radical (unpaired) electrons. The van der Waals surface area contributed by atoms with Gasteiger partial charge in [-0.2, -0.15) is 0 Å². The Hall–Kier alpha value is -2.24. The monoisotopic (exact) mass is 293 g/mol. The second-order valence-electron chi connectivity index (χ2n) is 5.54. The lowest BCUT2D eigenvalue weighted by Gasteiger charge is -2.37. The SMILES string of the molecule is CC1(C(=O)O)CCCN(C(=O)COc2ccccc2O)C1. The van der Waals surface area contributed by atoms with Crippen LogP contribution in [0.4, 0.5) is 0 Å². The number of carboxylic acids is 1. The van der Waals surface area contributed by atoms with Crippen molar-refractivity contribution in [3.05, 3.63) is 24.3 Å². The fourth-order valence-corrected chi connectivity index (χ4v) is 2.44. The normalized spacial score (nSPS) is 21.9. The molecular formula is C15H19NO5. The Kier molecular flexibility index (Phi) is 4.35. The smallest absolute Gasteiger partial charge is 0.311 e. The van der Waals surface area contributed by atoms with E-state index in [0.717, 1.165) is 0 Å². The van der Waals surface area contributed by atoms with Crippen LogP contribution in [0.25, 0.3) is 0 Å². The van der Waals surface area contributed by atoms with Gasteiger partial charge < -0.3 is 19.8 Å². The van der Waals surface area contributed by atoms with Gasteiger partial charge in [-0.15, -0.1) is 0 Å². The van der Waals surface area contributed by atoms with Crippen molar-refractivity contribution in [3.63, 3.8) is 0 Å². The van der Waals surface area contributed by atoms with Crippen molar-refractivity contribution in [2.45, 2.75) is 19.8 Å². The summed E-state index contributed by atoms with van der Waals surface area (Å²) in [6.45, 7) is 2.16. The van der Waals surface area contributed by atoms with Gasteiger partial charge in [-0.1, -0.05) is 12.1 Å². The van der Waals surface area contributed by atoms with E-state index in [1.807, 2.05) is 0 Å². The number of ether oxygens (including phenoxy) is 1. The number of aromatic hydroxyl groups is 1. The second-order valence-corrected chi connectivity index (χ2v) is 5.54. The summed E-state index contributed by atoms with van der Waals surface area (Å²) in [6, 6.07) is 6.40. The number of phenols is 1. The molecule has 1 saturated heterocycles. The second kappa shape index (κ2) is 6.03. The van der Waals surface area contributed by atoms with E-state index in [9.17, 15) is 19.8 Å². The highest BCUT2D eigenvalue weighted by molar-refractivity contribution is 5.80. The highest BCUT2D eigenvalue weighted by atomic mass is 16.5. The van der Waals surface area contributed by atoms with E-state index >= 15 is 0 Å². The zero-order chi connectivity index (χ0) is 15.5. The fraction of sp³-hybridized carbons (Fsp3) is 0.467. The highest BCUT2D eigenvalue weighted by Crippen LogP contribution is 2.30. The van der Waals surface area contributed by atoms with Crippen molar-refractivity contribution in [1.82, 2.24) is 4.90 Å². The van der Waals surface area contributed by atoms with E-state index in [2.05, 4.69) is 0 Å². The van der Waals surface area contributed by atoms with Crippen LogP contribution in [0.2, 0.25) is 0 Å². The standard InChI is InChI=1S/C15H19NO5/c1-15(14(19)20)7-4-8-16(10-15)13(18)9-21-12-6-3-2-5-11(12)17/h2-3,5-6,17H,4,7-10H2,1H3,(H,19,20). The molecule has 0 bridgehead atoms. The van der Waals surface area contributed by atoms with Gasteiger partial charge in [0.05, 0.1) is 5.41 Å². The zero-order valence-corrected chi connectivity index (χ0v) is 11.9.